The Morgan fingerprint density at radius 3 is 2.50 bits per heavy atom. The zero-order valence-electron chi connectivity index (χ0n) is 10.8. The average Bonchev–Trinajstić information content (AvgIpc) is 2.70. The number of thiazole rings is 1. The number of amides is 1. The highest BCUT2D eigenvalue weighted by atomic mass is 32.1. The quantitative estimate of drug-likeness (QED) is 0.830. The number of carbonyl (C=O) groups excluding carboxylic acids is 1. The number of aryl methyl sites for hydroxylation is 1. The zero-order valence-corrected chi connectivity index (χ0v) is 11.6. The summed E-state index contributed by atoms with van der Waals surface area (Å²) < 4.78 is 0. The Labute approximate surface area is 110 Å². The molecule has 0 saturated heterocycles. The molecule has 1 amide bonds. The minimum atomic E-state index is -1.06. The number of carboxylic acids is 1. The SMILES string of the molecule is CCC(CC)c1nc(C(=O)NCC(=O)O)c(C)s1. The van der Waals surface area contributed by atoms with Gasteiger partial charge in [-0.3, -0.25) is 9.59 Å². The van der Waals surface area contributed by atoms with Crippen LogP contribution in [0, 0.1) is 6.92 Å². The molecule has 1 aromatic heterocycles. The van der Waals surface area contributed by atoms with E-state index in [0.29, 0.717) is 11.6 Å². The van der Waals surface area contributed by atoms with Gasteiger partial charge >= 0.3 is 5.97 Å². The van der Waals surface area contributed by atoms with E-state index in [1.165, 1.54) is 11.3 Å². The number of nitrogens with zero attached hydrogens (tertiary/aromatic N) is 1. The molecule has 6 heteroatoms. The molecule has 0 radical (unpaired) electrons. The van der Waals surface area contributed by atoms with Crippen molar-refractivity contribution in [2.45, 2.75) is 39.5 Å². The first kappa shape index (κ1) is 14.6. The number of aromatic nitrogens is 1. The fourth-order valence-electron chi connectivity index (χ4n) is 1.68. The molecule has 0 aliphatic carbocycles. The van der Waals surface area contributed by atoms with Crippen molar-refractivity contribution >= 4 is 23.2 Å². The van der Waals surface area contributed by atoms with Crippen LogP contribution in [0.3, 0.4) is 0 Å². The van der Waals surface area contributed by atoms with Crippen molar-refractivity contribution in [2.75, 3.05) is 6.54 Å². The summed E-state index contributed by atoms with van der Waals surface area (Å²) in [5.41, 5.74) is 0.350. The lowest BCUT2D eigenvalue weighted by atomic mass is 10.1. The number of aliphatic carboxylic acids is 1. The first-order valence-electron chi connectivity index (χ1n) is 5.96. The van der Waals surface area contributed by atoms with Crippen molar-refractivity contribution in [1.82, 2.24) is 10.3 Å². The third-order valence-electron chi connectivity index (χ3n) is 2.76. The molecule has 0 bridgehead atoms. The van der Waals surface area contributed by atoms with Crippen LogP contribution in [0.4, 0.5) is 0 Å². The molecule has 0 fully saturated rings. The smallest absolute Gasteiger partial charge is 0.322 e. The second kappa shape index (κ2) is 6.49. The van der Waals surface area contributed by atoms with Crippen LogP contribution >= 0.6 is 11.3 Å². The number of nitrogens with one attached hydrogen (secondary N) is 1. The summed E-state index contributed by atoms with van der Waals surface area (Å²) in [7, 11) is 0. The van der Waals surface area contributed by atoms with Crippen molar-refractivity contribution < 1.29 is 14.7 Å². The Kier molecular flexibility index (Phi) is 5.27. The second-order valence-corrected chi connectivity index (χ2v) is 5.28. The van der Waals surface area contributed by atoms with Gasteiger partial charge in [-0.25, -0.2) is 4.98 Å². The number of hydrogen-bond donors (Lipinski definition) is 2. The molecule has 0 spiro atoms. The highest BCUT2D eigenvalue weighted by molar-refractivity contribution is 7.12. The van der Waals surface area contributed by atoms with Crippen molar-refractivity contribution in [3.8, 4) is 0 Å². The van der Waals surface area contributed by atoms with Crippen LogP contribution in [-0.2, 0) is 4.79 Å². The molecular weight excluding hydrogens is 252 g/mol. The number of rotatable bonds is 6. The highest BCUT2D eigenvalue weighted by Crippen LogP contribution is 2.29. The van der Waals surface area contributed by atoms with Gasteiger partial charge in [0.15, 0.2) is 0 Å². The van der Waals surface area contributed by atoms with Crippen LogP contribution in [-0.4, -0.2) is 28.5 Å². The molecule has 0 aliphatic rings. The average molecular weight is 270 g/mol. The van der Waals surface area contributed by atoms with Crippen molar-refractivity contribution in [1.29, 1.82) is 0 Å². The van der Waals surface area contributed by atoms with E-state index in [1.54, 1.807) is 0 Å². The second-order valence-electron chi connectivity index (χ2n) is 4.05. The Balaban J connectivity index is 2.83. The largest absolute Gasteiger partial charge is 0.480 e. The normalized spacial score (nSPS) is 10.7. The van der Waals surface area contributed by atoms with E-state index in [4.69, 9.17) is 5.11 Å². The summed E-state index contributed by atoms with van der Waals surface area (Å²) in [6.07, 6.45) is 1.97. The van der Waals surface area contributed by atoms with Crippen molar-refractivity contribution in [3.63, 3.8) is 0 Å². The van der Waals surface area contributed by atoms with Gasteiger partial charge in [0.25, 0.3) is 5.91 Å². The number of carboxylic acid groups (broad SMARTS) is 1. The van der Waals surface area contributed by atoms with E-state index in [2.05, 4.69) is 24.1 Å². The first-order valence-corrected chi connectivity index (χ1v) is 6.78. The molecule has 2 N–H and O–H groups in total. The van der Waals surface area contributed by atoms with Gasteiger partial charge in [0.05, 0.1) is 5.01 Å². The van der Waals surface area contributed by atoms with Gasteiger partial charge in [-0.05, 0) is 19.8 Å². The van der Waals surface area contributed by atoms with Gasteiger partial charge < -0.3 is 10.4 Å². The third kappa shape index (κ3) is 3.53. The van der Waals surface area contributed by atoms with E-state index in [1.807, 2.05) is 6.92 Å². The van der Waals surface area contributed by atoms with Crippen LogP contribution in [0.1, 0.15) is 53.0 Å². The predicted molar refractivity (Wildman–Crippen MR) is 70.1 cm³/mol. The van der Waals surface area contributed by atoms with Gasteiger partial charge in [0, 0.05) is 10.8 Å². The lowest BCUT2D eigenvalue weighted by molar-refractivity contribution is -0.135. The summed E-state index contributed by atoms with van der Waals surface area (Å²) in [4.78, 5) is 27.3. The van der Waals surface area contributed by atoms with E-state index < -0.39 is 11.9 Å². The topological polar surface area (TPSA) is 79.3 Å². The van der Waals surface area contributed by atoms with Gasteiger partial charge in [-0.2, -0.15) is 0 Å². The lowest BCUT2D eigenvalue weighted by Crippen LogP contribution is -2.29. The van der Waals surface area contributed by atoms with E-state index in [9.17, 15) is 9.59 Å². The fourth-order valence-corrected chi connectivity index (χ4v) is 2.87. The Hall–Kier alpha value is -1.43. The van der Waals surface area contributed by atoms with E-state index in [-0.39, 0.29) is 6.54 Å². The summed E-state index contributed by atoms with van der Waals surface area (Å²) >= 11 is 1.51. The molecule has 100 valence electrons. The Bertz CT molecular complexity index is 439. The van der Waals surface area contributed by atoms with E-state index in [0.717, 1.165) is 22.7 Å². The molecule has 1 heterocycles. The molecule has 5 nitrogen and oxygen atoms in total. The fraction of sp³-hybridized carbons (Fsp3) is 0.583. The van der Waals surface area contributed by atoms with Gasteiger partial charge in [-0.1, -0.05) is 13.8 Å². The Morgan fingerprint density at radius 2 is 2.00 bits per heavy atom. The van der Waals surface area contributed by atoms with Crippen LogP contribution in [0.25, 0.3) is 0 Å². The number of hydrogen-bond acceptors (Lipinski definition) is 4. The molecule has 0 atom stereocenters. The predicted octanol–water partition coefficient (Wildman–Crippen LogP) is 2.17. The van der Waals surface area contributed by atoms with Crippen molar-refractivity contribution in [3.05, 3.63) is 15.6 Å². The maximum atomic E-state index is 11.8. The van der Waals surface area contributed by atoms with Gasteiger partial charge in [0.2, 0.25) is 0 Å². The Morgan fingerprint density at radius 1 is 1.39 bits per heavy atom. The summed E-state index contributed by atoms with van der Waals surface area (Å²) in [6, 6.07) is 0. The van der Waals surface area contributed by atoms with Crippen molar-refractivity contribution in [2.24, 2.45) is 0 Å². The zero-order chi connectivity index (χ0) is 13.7. The van der Waals surface area contributed by atoms with Crippen LogP contribution in [0.2, 0.25) is 0 Å². The molecule has 1 aromatic rings. The monoisotopic (exact) mass is 270 g/mol. The minimum Gasteiger partial charge on any atom is -0.480 e. The molecule has 18 heavy (non-hydrogen) atoms. The van der Waals surface area contributed by atoms with Gasteiger partial charge in [0.1, 0.15) is 12.2 Å². The summed E-state index contributed by atoms with van der Waals surface area (Å²) in [5.74, 6) is -1.10. The maximum absolute atomic E-state index is 11.8. The maximum Gasteiger partial charge on any atom is 0.322 e. The summed E-state index contributed by atoms with van der Waals surface area (Å²) in [6.45, 7) is 5.64. The molecule has 0 unspecified atom stereocenters. The van der Waals surface area contributed by atoms with E-state index >= 15 is 0 Å². The lowest BCUT2D eigenvalue weighted by Gasteiger charge is -2.07. The van der Waals surface area contributed by atoms with Gasteiger partial charge in [-0.15, -0.1) is 11.3 Å². The molecular formula is C12H18N2O3S. The number of carbonyl (C=O) groups is 2. The highest BCUT2D eigenvalue weighted by Gasteiger charge is 2.19. The minimum absolute atomic E-state index is 0.350. The molecule has 1 rings (SSSR count). The van der Waals surface area contributed by atoms with Crippen LogP contribution in [0.15, 0.2) is 0 Å². The van der Waals surface area contributed by atoms with Crippen LogP contribution in [0.5, 0.6) is 0 Å². The molecule has 0 saturated carbocycles. The third-order valence-corrected chi connectivity index (χ3v) is 3.90. The van der Waals surface area contributed by atoms with Crippen LogP contribution < -0.4 is 5.32 Å². The molecule has 0 aromatic carbocycles. The first-order chi connectivity index (χ1) is 8.49. The molecule has 0 aliphatic heterocycles. The standard InChI is InChI=1S/C12H18N2O3S/c1-4-8(5-2)12-14-10(7(3)18-12)11(17)13-6-9(15)16/h8H,4-6H2,1-3H3,(H,13,17)(H,15,16). The summed E-state index contributed by atoms with van der Waals surface area (Å²) in [5, 5.41) is 11.8.